The Morgan fingerprint density at radius 1 is 1.00 bits per heavy atom. The van der Waals surface area contributed by atoms with Crippen molar-refractivity contribution in [1.82, 2.24) is 10.6 Å². The van der Waals surface area contributed by atoms with Crippen molar-refractivity contribution in [2.24, 2.45) is 0 Å². The SMILES string of the molecule is COc1ccc(CN[C@@H](C)C(=O)NCc2ccccc2)cc1. The molecular weight excluding hydrogens is 276 g/mol. The number of benzene rings is 2. The van der Waals surface area contributed by atoms with Crippen LogP contribution in [0.2, 0.25) is 0 Å². The molecule has 2 N–H and O–H groups in total. The van der Waals surface area contributed by atoms with Gasteiger partial charge in [-0.2, -0.15) is 0 Å². The molecule has 0 saturated carbocycles. The van der Waals surface area contributed by atoms with Crippen LogP contribution in [-0.4, -0.2) is 19.1 Å². The topological polar surface area (TPSA) is 50.4 Å². The van der Waals surface area contributed by atoms with Gasteiger partial charge < -0.3 is 15.4 Å². The minimum Gasteiger partial charge on any atom is -0.497 e. The molecule has 0 bridgehead atoms. The molecule has 2 aromatic carbocycles. The van der Waals surface area contributed by atoms with Crippen molar-refractivity contribution in [3.8, 4) is 5.75 Å². The van der Waals surface area contributed by atoms with Gasteiger partial charge in [-0.3, -0.25) is 4.79 Å². The smallest absolute Gasteiger partial charge is 0.237 e. The normalized spacial score (nSPS) is 11.7. The highest BCUT2D eigenvalue weighted by Gasteiger charge is 2.11. The zero-order valence-electron chi connectivity index (χ0n) is 13.0. The Bertz CT molecular complexity index is 582. The molecule has 0 unspecified atom stereocenters. The molecule has 4 heteroatoms. The summed E-state index contributed by atoms with van der Waals surface area (Å²) < 4.78 is 5.12. The quantitative estimate of drug-likeness (QED) is 0.825. The highest BCUT2D eigenvalue weighted by molar-refractivity contribution is 5.81. The van der Waals surface area contributed by atoms with Crippen molar-refractivity contribution < 1.29 is 9.53 Å². The number of methoxy groups -OCH3 is 1. The first kappa shape index (κ1) is 16.0. The number of carbonyl (C=O) groups is 1. The van der Waals surface area contributed by atoms with Crippen LogP contribution in [0.3, 0.4) is 0 Å². The van der Waals surface area contributed by atoms with E-state index in [0.29, 0.717) is 13.1 Å². The Morgan fingerprint density at radius 3 is 2.27 bits per heavy atom. The maximum atomic E-state index is 12.0. The summed E-state index contributed by atoms with van der Waals surface area (Å²) in [7, 11) is 1.65. The number of rotatable bonds is 7. The summed E-state index contributed by atoms with van der Waals surface area (Å²) in [5.74, 6) is 0.828. The number of hydrogen-bond acceptors (Lipinski definition) is 3. The Kier molecular flexibility index (Phi) is 5.98. The first-order chi connectivity index (χ1) is 10.7. The van der Waals surface area contributed by atoms with Gasteiger partial charge >= 0.3 is 0 Å². The maximum absolute atomic E-state index is 12.0. The van der Waals surface area contributed by atoms with Crippen molar-refractivity contribution in [3.63, 3.8) is 0 Å². The molecule has 22 heavy (non-hydrogen) atoms. The van der Waals surface area contributed by atoms with Crippen LogP contribution in [0.4, 0.5) is 0 Å². The van der Waals surface area contributed by atoms with Crippen LogP contribution >= 0.6 is 0 Å². The molecule has 0 aromatic heterocycles. The number of hydrogen-bond donors (Lipinski definition) is 2. The van der Waals surface area contributed by atoms with E-state index in [0.717, 1.165) is 16.9 Å². The summed E-state index contributed by atoms with van der Waals surface area (Å²) in [6.45, 7) is 3.06. The molecule has 0 aliphatic rings. The largest absolute Gasteiger partial charge is 0.497 e. The molecular formula is C18H22N2O2. The third kappa shape index (κ3) is 4.90. The summed E-state index contributed by atoms with van der Waals surface area (Å²) in [5, 5.41) is 6.15. The van der Waals surface area contributed by atoms with Crippen LogP contribution in [0.25, 0.3) is 0 Å². The molecule has 0 aliphatic carbocycles. The molecule has 0 radical (unpaired) electrons. The average Bonchev–Trinajstić information content (AvgIpc) is 2.58. The second kappa shape index (κ2) is 8.20. The maximum Gasteiger partial charge on any atom is 0.237 e. The van der Waals surface area contributed by atoms with E-state index in [1.807, 2.05) is 61.5 Å². The van der Waals surface area contributed by atoms with Crippen LogP contribution in [0.1, 0.15) is 18.1 Å². The first-order valence-corrected chi connectivity index (χ1v) is 7.37. The predicted molar refractivity (Wildman–Crippen MR) is 87.6 cm³/mol. The third-order valence-corrected chi connectivity index (χ3v) is 3.47. The summed E-state index contributed by atoms with van der Waals surface area (Å²) >= 11 is 0. The summed E-state index contributed by atoms with van der Waals surface area (Å²) in [6.07, 6.45) is 0. The number of ether oxygens (including phenoxy) is 1. The lowest BCUT2D eigenvalue weighted by molar-refractivity contribution is -0.122. The molecule has 0 heterocycles. The number of amides is 1. The Morgan fingerprint density at radius 2 is 1.64 bits per heavy atom. The van der Waals surface area contributed by atoms with E-state index in [2.05, 4.69) is 10.6 Å². The lowest BCUT2D eigenvalue weighted by Gasteiger charge is -2.14. The van der Waals surface area contributed by atoms with E-state index < -0.39 is 0 Å². The van der Waals surface area contributed by atoms with Crippen molar-refractivity contribution in [1.29, 1.82) is 0 Å². The van der Waals surface area contributed by atoms with Crippen LogP contribution in [-0.2, 0) is 17.9 Å². The van der Waals surface area contributed by atoms with E-state index in [9.17, 15) is 4.79 Å². The van der Waals surface area contributed by atoms with Gasteiger partial charge in [0.25, 0.3) is 0 Å². The van der Waals surface area contributed by atoms with Gasteiger partial charge in [0, 0.05) is 13.1 Å². The van der Waals surface area contributed by atoms with Crippen molar-refractivity contribution in [2.75, 3.05) is 7.11 Å². The molecule has 0 saturated heterocycles. The zero-order chi connectivity index (χ0) is 15.8. The fraction of sp³-hybridized carbons (Fsp3) is 0.278. The van der Waals surface area contributed by atoms with Crippen LogP contribution in [0, 0.1) is 0 Å². The number of carbonyl (C=O) groups excluding carboxylic acids is 1. The summed E-state index contributed by atoms with van der Waals surface area (Å²) in [4.78, 5) is 12.0. The molecule has 4 nitrogen and oxygen atoms in total. The standard InChI is InChI=1S/C18H22N2O2/c1-14(18(21)20-13-15-6-4-3-5-7-15)19-12-16-8-10-17(22-2)11-9-16/h3-11,14,19H,12-13H2,1-2H3,(H,20,21)/t14-/m0/s1. The van der Waals surface area contributed by atoms with E-state index >= 15 is 0 Å². The molecule has 1 atom stereocenters. The van der Waals surface area contributed by atoms with E-state index in [1.54, 1.807) is 7.11 Å². The Balaban J connectivity index is 1.76. The van der Waals surface area contributed by atoms with Crippen LogP contribution in [0.5, 0.6) is 5.75 Å². The van der Waals surface area contributed by atoms with Crippen molar-refractivity contribution in [2.45, 2.75) is 26.1 Å². The molecule has 2 rings (SSSR count). The second-order valence-corrected chi connectivity index (χ2v) is 5.15. The fourth-order valence-electron chi connectivity index (χ4n) is 2.05. The molecule has 0 aliphatic heterocycles. The average molecular weight is 298 g/mol. The highest BCUT2D eigenvalue weighted by Crippen LogP contribution is 2.11. The minimum atomic E-state index is -0.245. The van der Waals surface area contributed by atoms with Gasteiger partial charge in [0.1, 0.15) is 5.75 Å². The summed E-state index contributed by atoms with van der Waals surface area (Å²) in [5.41, 5.74) is 2.21. The van der Waals surface area contributed by atoms with Gasteiger partial charge in [0.05, 0.1) is 13.2 Å². The number of nitrogens with one attached hydrogen (secondary N) is 2. The lowest BCUT2D eigenvalue weighted by atomic mass is 10.2. The van der Waals surface area contributed by atoms with Gasteiger partial charge in [-0.15, -0.1) is 0 Å². The van der Waals surface area contributed by atoms with Crippen LogP contribution in [0.15, 0.2) is 54.6 Å². The third-order valence-electron chi connectivity index (χ3n) is 3.47. The van der Waals surface area contributed by atoms with Gasteiger partial charge in [-0.1, -0.05) is 42.5 Å². The van der Waals surface area contributed by atoms with E-state index in [1.165, 1.54) is 0 Å². The first-order valence-electron chi connectivity index (χ1n) is 7.37. The predicted octanol–water partition coefficient (Wildman–Crippen LogP) is 2.49. The van der Waals surface area contributed by atoms with Crippen molar-refractivity contribution >= 4 is 5.91 Å². The molecule has 0 spiro atoms. The monoisotopic (exact) mass is 298 g/mol. The molecule has 116 valence electrons. The van der Waals surface area contributed by atoms with Gasteiger partial charge in [0.2, 0.25) is 5.91 Å². The molecule has 1 amide bonds. The fourth-order valence-corrected chi connectivity index (χ4v) is 2.05. The molecule has 2 aromatic rings. The van der Waals surface area contributed by atoms with Gasteiger partial charge in [0.15, 0.2) is 0 Å². The van der Waals surface area contributed by atoms with Gasteiger partial charge in [-0.25, -0.2) is 0 Å². The van der Waals surface area contributed by atoms with E-state index in [-0.39, 0.29) is 11.9 Å². The Labute approximate surface area is 131 Å². The van der Waals surface area contributed by atoms with Gasteiger partial charge in [-0.05, 0) is 30.2 Å². The van der Waals surface area contributed by atoms with Crippen molar-refractivity contribution in [3.05, 3.63) is 65.7 Å². The second-order valence-electron chi connectivity index (χ2n) is 5.15. The highest BCUT2D eigenvalue weighted by atomic mass is 16.5. The minimum absolute atomic E-state index is 0.00244. The Hall–Kier alpha value is -2.33. The van der Waals surface area contributed by atoms with Crippen LogP contribution < -0.4 is 15.4 Å². The van der Waals surface area contributed by atoms with E-state index in [4.69, 9.17) is 4.74 Å². The zero-order valence-corrected chi connectivity index (χ0v) is 13.0. The summed E-state index contributed by atoms with van der Waals surface area (Å²) in [6, 6.07) is 17.4. The molecule has 0 fully saturated rings. The lowest BCUT2D eigenvalue weighted by Crippen LogP contribution is -2.41.